The number of aromatic nitrogens is 3. The molecule has 5 nitrogen and oxygen atoms in total. The Kier molecular flexibility index (Phi) is 4.35. The Balaban J connectivity index is 1.46. The van der Waals surface area contributed by atoms with Gasteiger partial charge in [0.05, 0.1) is 23.4 Å². The number of hydrogen-bond donors (Lipinski definition) is 0. The summed E-state index contributed by atoms with van der Waals surface area (Å²) < 4.78 is 10.5. The van der Waals surface area contributed by atoms with Gasteiger partial charge in [-0.1, -0.05) is 41.2 Å². The van der Waals surface area contributed by atoms with Gasteiger partial charge in [-0.05, 0) is 36.4 Å². The molecule has 0 radical (unpaired) electrons. The van der Waals surface area contributed by atoms with Gasteiger partial charge in [-0.2, -0.15) is 4.98 Å². The van der Waals surface area contributed by atoms with E-state index >= 15 is 0 Å². The van der Waals surface area contributed by atoms with Crippen LogP contribution in [0.3, 0.4) is 0 Å². The molecule has 2 aromatic heterocycles. The molecule has 4 rings (SSSR count). The summed E-state index contributed by atoms with van der Waals surface area (Å²) in [5.74, 6) is 2.54. The van der Waals surface area contributed by atoms with Gasteiger partial charge in [-0.25, -0.2) is 4.98 Å². The van der Waals surface area contributed by atoms with Gasteiger partial charge in [0.2, 0.25) is 0 Å². The average Bonchev–Trinajstić information content (AvgIpc) is 3.15. The zero-order valence-corrected chi connectivity index (χ0v) is 14.4. The molecule has 4 aromatic rings. The van der Waals surface area contributed by atoms with Crippen LogP contribution in [0, 0.1) is 0 Å². The topological polar surface area (TPSA) is 61.0 Å². The molecule has 0 aliphatic carbocycles. The van der Waals surface area contributed by atoms with Gasteiger partial charge >= 0.3 is 0 Å². The van der Waals surface area contributed by atoms with Crippen LogP contribution in [0.2, 0.25) is 0 Å². The second kappa shape index (κ2) is 6.94. The lowest BCUT2D eigenvalue weighted by Gasteiger charge is -2.00. The van der Waals surface area contributed by atoms with Crippen LogP contribution in [-0.2, 0) is 5.75 Å². The van der Waals surface area contributed by atoms with Crippen molar-refractivity contribution in [3.8, 4) is 17.2 Å². The molecular weight excluding hydrogens is 334 g/mol. The minimum absolute atomic E-state index is 0.504. The fourth-order valence-corrected chi connectivity index (χ4v) is 3.15. The van der Waals surface area contributed by atoms with Crippen LogP contribution in [0.15, 0.2) is 70.2 Å². The Bertz CT molecular complexity index is 999. The SMILES string of the molecule is COc1ccc(-c2nc(CSc3ccc4ccccc4n3)no2)cc1. The van der Waals surface area contributed by atoms with E-state index < -0.39 is 0 Å². The highest BCUT2D eigenvalue weighted by Crippen LogP contribution is 2.25. The van der Waals surface area contributed by atoms with Gasteiger partial charge in [0.1, 0.15) is 5.75 Å². The molecule has 0 bridgehead atoms. The molecule has 0 N–H and O–H groups in total. The molecule has 0 spiro atoms. The highest BCUT2D eigenvalue weighted by molar-refractivity contribution is 7.98. The molecule has 124 valence electrons. The number of pyridine rings is 1. The van der Waals surface area contributed by atoms with E-state index in [1.54, 1.807) is 18.9 Å². The first-order valence-electron chi connectivity index (χ1n) is 7.77. The largest absolute Gasteiger partial charge is 0.497 e. The Morgan fingerprint density at radius 3 is 2.64 bits per heavy atom. The zero-order valence-electron chi connectivity index (χ0n) is 13.5. The molecule has 2 heterocycles. The molecule has 0 saturated carbocycles. The summed E-state index contributed by atoms with van der Waals surface area (Å²) in [6, 6.07) is 19.7. The second-order valence-electron chi connectivity index (χ2n) is 5.38. The van der Waals surface area contributed by atoms with Crippen LogP contribution in [-0.4, -0.2) is 22.2 Å². The van der Waals surface area contributed by atoms with Crippen LogP contribution >= 0.6 is 11.8 Å². The highest BCUT2D eigenvalue weighted by Gasteiger charge is 2.10. The van der Waals surface area contributed by atoms with Gasteiger partial charge in [-0.15, -0.1) is 0 Å². The number of para-hydroxylation sites is 1. The fraction of sp³-hybridized carbons (Fsp3) is 0.105. The average molecular weight is 349 g/mol. The number of ether oxygens (including phenoxy) is 1. The fourth-order valence-electron chi connectivity index (χ4n) is 2.43. The van der Waals surface area contributed by atoms with Crippen molar-refractivity contribution in [2.75, 3.05) is 7.11 Å². The summed E-state index contributed by atoms with van der Waals surface area (Å²) >= 11 is 1.59. The predicted octanol–water partition coefficient (Wildman–Crippen LogP) is 4.59. The van der Waals surface area contributed by atoms with Crippen molar-refractivity contribution < 1.29 is 9.26 Å². The van der Waals surface area contributed by atoms with Crippen LogP contribution < -0.4 is 4.74 Å². The summed E-state index contributed by atoms with van der Waals surface area (Å²) in [5, 5.41) is 6.12. The van der Waals surface area contributed by atoms with E-state index in [-0.39, 0.29) is 0 Å². The van der Waals surface area contributed by atoms with Crippen LogP contribution in [0.4, 0.5) is 0 Å². The van der Waals surface area contributed by atoms with E-state index in [0.29, 0.717) is 17.5 Å². The van der Waals surface area contributed by atoms with Crippen molar-refractivity contribution in [3.63, 3.8) is 0 Å². The zero-order chi connectivity index (χ0) is 17.1. The Morgan fingerprint density at radius 1 is 0.960 bits per heavy atom. The minimum atomic E-state index is 0.504. The maximum absolute atomic E-state index is 5.35. The standard InChI is InChI=1S/C19H15N3O2S/c1-23-15-9-6-14(7-10-15)19-21-17(22-24-19)12-25-18-11-8-13-4-2-3-5-16(13)20-18/h2-11H,12H2,1H3. The molecule has 2 aromatic carbocycles. The summed E-state index contributed by atoms with van der Waals surface area (Å²) in [5.41, 5.74) is 1.85. The monoisotopic (exact) mass is 349 g/mol. The molecule has 0 unspecified atom stereocenters. The summed E-state index contributed by atoms with van der Waals surface area (Å²) in [6.45, 7) is 0. The van der Waals surface area contributed by atoms with Crippen molar-refractivity contribution >= 4 is 22.7 Å². The molecule has 25 heavy (non-hydrogen) atoms. The maximum Gasteiger partial charge on any atom is 0.257 e. The lowest BCUT2D eigenvalue weighted by atomic mass is 10.2. The maximum atomic E-state index is 5.35. The number of fused-ring (bicyclic) bond motifs is 1. The quantitative estimate of drug-likeness (QED) is 0.491. The summed E-state index contributed by atoms with van der Waals surface area (Å²) in [6.07, 6.45) is 0. The molecule has 6 heteroatoms. The lowest BCUT2D eigenvalue weighted by Crippen LogP contribution is -1.87. The van der Waals surface area contributed by atoms with Crippen molar-refractivity contribution in [2.24, 2.45) is 0 Å². The van der Waals surface area contributed by atoms with Crippen molar-refractivity contribution in [1.29, 1.82) is 0 Å². The smallest absolute Gasteiger partial charge is 0.257 e. The Hall–Kier alpha value is -2.86. The van der Waals surface area contributed by atoms with Crippen molar-refractivity contribution in [3.05, 3.63) is 66.5 Å². The molecule has 0 aliphatic heterocycles. The molecule has 0 aliphatic rings. The van der Waals surface area contributed by atoms with E-state index in [4.69, 9.17) is 9.26 Å². The summed E-state index contributed by atoms with van der Waals surface area (Å²) in [4.78, 5) is 9.08. The molecule has 0 atom stereocenters. The first kappa shape index (κ1) is 15.7. The van der Waals surface area contributed by atoms with Crippen molar-refractivity contribution in [1.82, 2.24) is 15.1 Å². The third kappa shape index (κ3) is 3.49. The number of benzene rings is 2. The van der Waals surface area contributed by atoms with Gasteiger partial charge < -0.3 is 9.26 Å². The second-order valence-corrected chi connectivity index (χ2v) is 6.37. The van der Waals surface area contributed by atoms with E-state index in [0.717, 1.165) is 27.2 Å². The number of nitrogens with zero attached hydrogens (tertiary/aromatic N) is 3. The molecular formula is C19H15N3O2S. The minimum Gasteiger partial charge on any atom is -0.497 e. The van der Waals surface area contributed by atoms with Gasteiger partial charge in [-0.3, -0.25) is 0 Å². The van der Waals surface area contributed by atoms with E-state index in [1.807, 2.05) is 48.5 Å². The first-order chi connectivity index (χ1) is 12.3. The number of rotatable bonds is 5. The Morgan fingerprint density at radius 2 is 1.80 bits per heavy atom. The number of hydrogen-bond acceptors (Lipinski definition) is 6. The van der Waals surface area contributed by atoms with Gasteiger partial charge in [0.15, 0.2) is 5.82 Å². The molecule has 0 saturated heterocycles. The summed E-state index contributed by atoms with van der Waals surface area (Å²) in [7, 11) is 1.64. The Labute approximate surface area is 149 Å². The van der Waals surface area contributed by atoms with Crippen LogP contribution in [0.25, 0.3) is 22.4 Å². The van der Waals surface area contributed by atoms with Crippen LogP contribution in [0.5, 0.6) is 5.75 Å². The van der Waals surface area contributed by atoms with E-state index in [1.165, 1.54) is 0 Å². The number of thioether (sulfide) groups is 1. The predicted molar refractivity (Wildman–Crippen MR) is 97.6 cm³/mol. The third-order valence-corrected chi connectivity index (χ3v) is 4.65. The molecule has 0 amide bonds. The lowest BCUT2D eigenvalue weighted by molar-refractivity contribution is 0.414. The van der Waals surface area contributed by atoms with E-state index in [9.17, 15) is 0 Å². The first-order valence-corrected chi connectivity index (χ1v) is 8.76. The highest BCUT2D eigenvalue weighted by atomic mass is 32.2. The third-order valence-electron chi connectivity index (χ3n) is 3.73. The van der Waals surface area contributed by atoms with Crippen molar-refractivity contribution in [2.45, 2.75) is 10.8 Å². The number of methoxy groups -OCH3 is 1. The normalized spacial score (nSPS) is 10.9. The van der Waals surface area contributed by atoms with Gasteiger partial charge in [0, 0.05) is 10.9 Å². The van der Waals surface area contributed by atoms with Gasteiger partial charge in [0.25, 0.3) is 5.89 Å². The molecule has 0 fully saturated rings. The van der Waals surface area contributed by atoms with Crippen LogP contribution in [0.1, 0.15) is 5.82 Å². The van der Waals surface area contributed by atoms with E-state index in [2.05, 4.69) is 27.3 Å².